The number of hydrogen-bond acceptors (Lipinski definition) is 6. The van der Waals surface area contributed by atoms with Crippen molar-refractivity contribution in [1.29, 1.82) is 5.41 Å². The smallest absolute Gasteiger partial charge is 0.282 e. The Kier molecular flexibility index (Phi) is 3.86. The minimum Gasteiger partial charge on any atom is -0.282 e. The van der Waals surface area contributed by atoms with Crippen LogP contribution in [-0.4, -0.2) is 41.0 Å². The molecule has 23 heavy (non-hydrogen) atoms. The molecule has 0 radical (unpaired) electrons. The number of hydrogen-bond donors (Lipinski definition) is 1. The van der Waals surface area contributed by atoms with Crippen molar-refractivity contribution in [3.8, 4) is 0 Å². The molecule has 0 fully saturated rings. The average Bonchev–Trinajstić information content (AvgIpc) is 2.89. The number of benzene rings is 1. The number of rotatable bonds is 1. The molecule has 0 bridgehead atoms. The fourth-order valence-electron chi connectivity index (χ4n) is 1.85. The molecule has 7 nitrogen and oxygen atoms in total. The van der Waals surface area contributed by atoms with E-state index in [0.29, 0.717) is 10.6 Å². The predicted octanol–water partition coefficient (Wildman–Crippen LogP) is 1.96. The highest BCUT2D eigenvalue weighted by Crippen LogP contribution is 2.29. The Balaban J connectivity index is 2.01. The molecule has 0 spiro atoms. The summed E-state index contributed by atoms with van der Waals surface area (Å²) in [6.45, 7) is 0. The summed E-state index contributed by atoms with van der Waals surface area (Å²) in [5.41, 5.74) is 0.690. The van der Waals surface area contributed by atoms with Gasteiger partial charge in [-0.25, -0.2) is 8.42 Å². The summed E-state index contributed by atoms with van der Waals surface area (Å²) in [6.07, 6.45) is 2.49. The highest BCUT2D eigenvalue weighted by atomic mass is 35.5. The van der Waals surface area contributed by atoms with Crippen LogP contribution in [0.2, 0.25) is 5.02 Å². The van der Waals surface area contributed by atoms with Crippen molar-refractivity contribution >= 4 is 60.6 Å². The fourth-order valence-corrected chi connectivity index (χ4v) is 3.66. The molecule has 0 aliphatic carbocycles. The maximum atomic E-state index is 12.1. The van der Waals surface area contributed by atoms with Gasteiger partial charge in [-0.1, -0.05) is 23.7 Å². The molecule has 118 valence electrons. The van der Waals surface area contributed by atoms with Gasteiger partial charge in [-0.15, -0.1) is 5.10 Å². The minimum absolute atomic E-state index is 0.0233. The van der Waals surface area contributed by atoms with E-state index in [1.807, 2.05) is 0 Å². The molecule has 0 atom stereocenters. The summed E-state index contributed by atoms with van der Waals surface area (Å²) in [4.78, 5) is 15.9. The Hall–Kier alpha value is -1.97. The van der Waals surface area contributed by atoms with Gasteiger partial charge in [0.15, 0.2) is 5.84 Å². The second-order valence-electron chi connectivity index (χ2n) is 4.71. The summed E-state index contributed by atoms with van der Waals surface area (Å²) in [7, 11) is -3.53. The first-order chi connectivity index (χ1) is 10.8. The van der Waals surface area contributed by atoms with Crippen LogP contribution in [0.5, 0.6) is 0 Å². The van der Waals surface area contributed by atoms with Crippen LogP contribution in [0.1, 0.15) is 5.56 Å². The van der Waals surface area contributed by atoms with Gasteiger partial charge in [-0.05, 0) is 35.5 Å². The predicted molar refractivity (Wildman–Crippen MR) is 91.3 cm³/mol. The fraction of sp³-hybridized carbons (Fsp3) is 0.0769. The Morgan fingerprint density at radius 3 is 2.57 bits per heavy atom. The lowest BCUT2D eigenvalue weighted by molar-refractivity contribution is -0.114. The highest BCUT2D eigenvalue weighted by molar-refractivity contribution is 8.42. The SMILES string of the molecule is CS(=O)(=O)C1=NN2C(=N)/C(=C\c3ccc(Cl)cc3)C(=O)N=C2S1. The van der Waals surface area contributed by atoms with Gasteiger partial charge < -0.3 is 0 Å². The zero-order valence-corrected chi connectivity index (χ0v) is 14.0. The Labute approximate surface area is 141 Å². The summed E-state index contributed by atoms with van der Waals surface area (Å²) >= 11 is 6.56. The van der Waals surface area contributed by atoms with Crippen LogP contribution in [0.15, 0.2) is 39.9 Å². The number of nitrogens with zero attached hydrogens (tertiary/aromatic N) is 3. The van der Waals surface area contributed by atoms with Crippen LogP contribution in [0, 0.1) is 5.41 Å². The molecule has 2 aliphatic heterocycles. The van der Waals surface area contributed by atoms with Crippen LogP contribution in [0.25, 0.3) is 6.08 Å². The molecular weight excluding hydrogens is 360 g/mol. The van der Waals surface area contributed by atoms with Gasteiger partial charge in [-0.2, -0.15) is 10.0 Å². The number of carbonyl (C=O) groups excluding carboxylic acids is 1. The number of halogens is 1. The van der Waals surface area contributed by atoms with Crippen LogP contribution < -0.4 is 0 Å². The number of nitrogens with one attached hydrogen (secondary N) is 1. The second-order valence-corrected chi connectivity index (χ2v) is 8.29. The van der Waals surface area contributed by atoms with E-state index in [9.17, 15) is 13.2 Å². The largest absolute Gasteiger partial charge is 0.283 e. The van der Waals surface area contributed by atoms with Crippen molar-refractivity contribution in [1.82, 2.24) is 5.01 Å². The number of carbonyl (C=O) groups is 1. The van der Waals surface area contributed by atoms with Crippen molar-refractivity contribution in [2.45, 2.75) is 0 Å². The zero-order valence-electron chi connectivity index (χ0n) is 11.6. The molecule has 1 N–H and O–H groups in total. The van der Waals surface area contributed by atoms with Crippen molar-refractivity contribution in [3.63, 3.8) is 0 Å². The van der Waals surface area contributed by atoms with E-state index < -0.39 is 15.7 Å². The van der Waals surface area contributed by atoms with Gasteiger partial charge in [0, 0.05) is 11.3 Å². The van der Waals surface area contributed by atoms with E-state index in [4.69, 9.17) is 17.0 Å². The average molecular weight is 369 g/mol. The van der Waals surface area contributed by atoms with Crippen molar-refractivity contribution in [2.75, 3.05) is 6.26 Å². The molecule has 0 aromatic heterocycles. The van der Waals surface area contributed by atoms with Crippen LogP contribution in [0.4, 0.5) is 0 Å². The molecule has 2 aliphatic rings. The third kappa shape index (κ3) is 3.07. The topological polar surface area (TPSA) is 103 Å². The first kappa shape index (κ1) is 15.9. The van der Waals surface area contributed by atoms with E-state index in [0.717, 1.165) is 23.0 Å². The monoisotopic (exact) mass is 368 g/mol. The first-order valence-electron chi connectivity index (χ1n) is 6.21. The number of aliphatic imine (C=N–C) groups is 1. The first-order valence-corrected chi connectivity index (χ1v) is 9.30. The maximum absolute atomic E-state index is 12.1. The van der Waals surface area contributed by atoms with E-state index in [1.54, 1.807) is 24.3 Å². The van der Waals surface area contributed by atoms with Gasteiger partial charge in [0.05, 0.1) is 5.57 Å². The summed E-state index contributed by atoms with van der Waals surface area (Å²) in [5.74, 6) is -0.838. The number of fused-ring (bicyclic) bond motifs is 1. The lowest BCUT2D eigenvalue weighted by Gasteiger charge is -2.20. The summed E-state index contributed by atoms with van der Waals surface area (Å²) < 4.78 is 22.9. The molecule has 10 heteroatoms. The third-order valence-corrected chi connectivity index (χ3v) is 5.76. The van der Waals surface area contributed by atoms with E-state index in [1.165, 1.54) is 6.08 Å². The Bertz CT molecular complexity index is 917. The van der Waals surface area contributed by atoms with Crippen molar-refractivity contribution < 1.29 is 13.2 Å². The lowest BCUT2D eigenvalue weighted by atomic mass is 10.1. The number of sulfone groups is 1. The molecule has 1 aromatic carbocycles. The maximum Gasteiger partial charge on any atom is 0.283 e. The van der Waals surface area contributed by atoms with Crippen molar-refractivity contribution in [2.24, 2.45) is 10.1 Å². The van der Waals surface area contributed by atoms with E-state index in [2.05, 4.69) is 10.1 Å². The number of amides is 1. The van der Waals surface area contributed by atoms with Crippen molar-refractivity contribution in [3.05, 3.63) is 40.4 Å². The standard InChI is InChI=1S/C13H9ClN4O3S2/c1-23(20,21)13-17-18-10(15)9(11(19)16-12(18)22-13)6-7-2-4-8(14)5-3-7/h2-6,15H,1H3/b9-6+,15-10?. The number of amidine groups is 2. The normalized spacial score (nSPS) is 19.7. The lowest BCUT2D eigenvalue weighted by Crippen LogP contribution is -2.35. The molecule has 2 heterocycles. The molecule has 3 rings (SSSR count). The van der Waals surface area contributed by atoms with Gasteiger partial charge in [0.25, 0.3) is 5.91 Å². The third-order valence-electron chi connectivity index (χ3n) is 2.93. The quantitative estimate of drug-likeness (QED) is 0.763. The summed E-state index contributed by atoms with van der Waals surface area (Å²) in [6, 6.07) is 6.70. The zero-order chi connectivity index (χ0) is 16.8. The highest BCUT2D eigenvalue weighted by Gasteiger charge is 2.38. The molecule has 0 saturated heterocycles. The molecule has 1 amide bonds. The van der Waals surface area contributed by atoms with Gasteiger partial charge in [-0.3, -0.25) is 10.2 Å². The minimum atomic E-state index is -3.53. The number of hydrazone groups is 1. The Morgan fingerprint density at radius 1 is 1.30 bits per heavy atom. The second kappa shape index (κ2) is 5.59. The van der Waals surface area contributed by atoms with Crippen LogP contribution in [-0.2, 0) is 14.6 Å². The summed E-state index contributed by atoms with van der Waals surface area (Å²) in [5, 5.41) is 13.6. The van der Waals surface area contributed by atoms with Gasteiger partial charge in [0.1, 0.15) is 0 Å². The molecule has 0 saturated carbocycles. The number of thioether (sulfide) groups is 1. The molecule has 0 unspecified atom stereocenters. The molecule has 1 aromatic rings. The van der Waals surface area contributed by atoms with Gasteiger partial charge >= 0.3 is 0 Å². The Morgan fingerprint density at radius 2 is 1.96 bits per heavy atom. The van der Waals surface area contributed by atoms with Crippen LogP contribution in [0.3, 0.4) is 0 Å². The van der Waals surface area contributed by atoms with E-state index in [-0.39, 0.29) is 21.0 Å². The van der Waals surface area contributed by atoms with E-state index >= 15 is 0 Å². The molecular formula is C13H9ClN4O3S2. The van der Waals surface area contributed by atoms with Crippen LogP contribution >= 0.6 is 23.4 Å². The van der Waals surface area contributed by atoms with Gasteiger partial charge in [0.2, 0.25) is 19.4 Å².